The van der Waals surface area contributed by atoms with Crippen LogP contribution in [0, 0.1) is 23.3 Å². The molecule has 0 amide bonds. The van der Waals surface area contributed by atoms with Crippen molar-refractivity contribution in [2.24, 2.45) is 0 Å². The maximum Gasteiger partial charge on any atom is 0.411 e. The second kappa shape index (κ2) is 17.3. The van der Waals surface area contributed by atoms with Gasteiger partial charge in [-0.05, 0) is 83.9 Å². The van der Waals surface area contributed by atoms with Crippen molar-refractivity contribution in [1.82, 2.24) is 0 Å². The van der Waals surface area contributed by atoms with Gasteiger partial charge in [0.05, 0.1) is 11.1 Å². The Labute approximate surface area is 313 Å². The minimum atomic E-state index is -6.62. The van der Waals surface area contributed by atoms with E-state index in [1.54, 1.807) is 0 Å². The summed E-state index contributed by atoms with van der Waals surface area (Å²) in [6, 6.07) is 6.32. The molecule has 20 heteroatoms. The number of esters is 4. The average Bonchev–Trinajstić information content (AvgIpc) is 3.13. The summed E-state index contributed by atoms with van der Waals surface area (Å²) in [5.74, 6) is -17.3. The number of hydrogen-bond acceptors (Lipinski definition) is 10. The van der Waals surface area contributed by atoms with Crippen LogP contribution in [0.4, 0.5) is 43.9 Å². The summed E-state index contributed by atoms with van der Waals surface area (Å²) in [5.41, 5.74) is -11.0. The number of hydrogen-bond donors (Lipinski definition) is 0. The van der Waals surface area contributed by atoms with E-state index in [1.807, 2.05) is 0 Å². The fraction of sp³-hybridized carbons (Fsp3) is 0.135. The average molecular weight is 817 g/mol. The molecular weight excluding hydrogens is 794 g/mol. The van der Waals surface area contributed by atoms with Crippen molar-refractivity contribution in [3.63, 3.8) is 0 Å². The van der Waals surface area contributed by atoms with Crippen molar-refractivity contribution in [2.45, 2.75) is 17.8 Å². The Hall–Kier alpha value is -6.86. The zero-order chi connectivity index (χ0) is 42.3. The van der Waals surface area contributed by atoms with Crippen LogP contribution in [-0.2, 0) is 24.5 Å². The molecule has 0 aromatic heterocycles. The van der Waals surface area contributed by atoms with E-state index in [0.717, 1.165) is 60.7 Å². The van der Waals surface area contributed by atoms with Crippen LogP contribution in [-0.4, -0.2) is 49.8 Å². The lowest BCUT2D eigenvalue weighted by Gasteiger charge is -2.38. The van der Waals surface area contributed by atoms with Gasteiger partial charge < -0.3 is 28.4 Å². The Balaban J connectivity index is 1.64. The van der Waals surface area contributed by atoms with Crippen LogP contribution in [0.1, 0.15) is 31.8 Å². The lowest BCUT2D eigenvalue weighted by Crippen LogP contribution is -2.55. The molecule has 0 unspecified atom stereocenters. The minimum absolute atomic E-state index is 0.00336. The predicted octanol–water partition coefficient (Wildman–Crippen LogP) is 8.22. The van der Waals surface area contributed by atoms with Crippen molar-refractivity contribution in [2.75, 3.05) is 13.6 Å². The fourth-order valence-electron chi connectivity index (χ4n) is 4.84. The van der Waals surface area contributed by atoms with Gasteiger partial charge in [-0.25, -0.2) is 36.7 Å². The smallest absolute Gasteiger partial charge is 0.411 e. The van der Waals surface area contributed by atoms with Gasteiger partial charge in [0.15, 0.2) is 23.3 Å². The highest BCUT2D eigenvalue weighted by Crippen LogP contribution is 2.57. The summed E-state index contributed by atoms with van der Waals surface area (Å²) < 4.78 is 178. The SMILES string of the molecule is C=CC(=O)OCOc1ccc(C(=O)Oc2c(F)cc(C(c3cc(F)c(OC(=O)c4ccc(OCOC(=O)C=C)cc4)c(F)c3)(C(F)(F)F)C(F)(F)F)cc2F)cc1. The van der Waals surface area contributed by atoms with E-state index in [2.05, 4.69) is 32.1 Å². The molecule has 10 nitrogen and oxygen atoms in total. The summed E-state index contributed by atoms with van der Waals surface area (Å²) in [6.07, 6.45) is -11.6. The van der Waals surface area contributed by atoms with Crippen LogP contribution in [0.3, 0.4) is 0 Å². The molecule has 0 aliphatic rings. The molecule has 0 aliphatic heterocycles. The molecule has 0 spiro atoms. The van der Waals surface area contributed by atoms with Crippen LogP contribution in [0.2, 0.25) is 0 Å². The van der Waals surface area contributed by atoms with Crippen molar-refractivity contribution in [3.8, 4) is 23.0 Å². The highest BCUT2D eigenvalue weighted by Gasteiger charge is 2.73. The Morgan fingerprint density at radius 3 is 1.09 bits per heavy atom. The zero-order valence-corrected chi connectivity index (χ0v) is 28.3. The lowest BCUT2D eigenvalue weighted by molar-refractivity contribution is -0.288. The van der Waals surface area contributed by atoms with Gasteiger partial charge in [0, 0.05) is 12.2 Å². The van der Waals surface area contributed by atoms with E-state index in [4.69, 9.17) is 9.47 Å². The first kappa shape index (κ1) is 42.9. The van der Waals surface area contributed by atoms with Crippen LogP contribution in [0.25, 0.3) is 0 Å². The third kappa shape index (κ3) is 9.51. The van der Waals surface area contributed by atoms with Crippen molar-refractivity contribution in [1.29, 1.82) is 0 Å². The first-order chi connectivity index (χ1) is 26.7. The second-order valence-corrected chi connectivity index (χ2v) is 11.0. The number of carbonyl (C=O) groups excluding carboxylic acids is 4. The van der Waals surface area contributed by atoms with E-state index in [1.165, 1.54) is 0 Å². The van der Waals surface area contributed by atoms with E-state index < -0.39 is 137 Å². The Morgan fingerprint density at radius 1 is 0.526 bits per heavy atom. The normalized spacial score (nSPS) is 11.5. The first-order valence-corrected chi connectivity index (χ1v) is 15.3. The highest BCUT2D eigenvalue weighted by molar-refractivity contribution is 5.92. The molecule has 0 saturated carbocycles. The molecule has 300 valence electrons. The van der Waals surface area contributed by atoms with E-state index in [9.17, 15) is 45.5 Å². The van der Waals surface area contributed by atoms with Gasteiger partial charge in [0.2, 0.25) is 30.5 Å². The van der Waals surface area contributed by atoms with Gasteiger partial charge in [0.1, 0.15) is 11.5 Å². The molecule has 4 rings (SSSR count). The lowest BCUT2D eigenvalue weighted by atomic mass is 9.72. The Bertz CT molecular complexity index is 1980. The third-order valence-electron chi connectivity index (χ3n) is 7.47. The number of ether oxygens (including phenoxy) is 6. The molecule has 0 saturated heterocycles. The molecule has 0 radical (unpaired) electrons. The standard InChI is InChI=1S/C37H22F10O10/c1-3-29(48)54-17-52-23-9-5-19(6-10-23)33(50)56-31-25(38)13-21(14-26(31)39)35(36(42,43)44,37(45,46)47)22-15-27(40)32(28(41)16-22)57-34(51)20-7-11-24(12-8-20)53-18-55-30(49)4-2/h3-16H,1-2,17-18H2. The van der Waals surface area contributed by atoms with Gasteiger partial charge in [-0.1, -0.05) is 13.2 Å². The second-order valence-electron chi connectivity index (χ2n) is 11.0. The van der Waals surface area contributed by atoms with Crippen molar-refractivity contribution in [3.05, 3.63) is 144 Å². The maximum absolute atomic E-state index is 15.2. The summed E-state index contributed by atoms with van der Waals surface area (Å²) in [4.78, 5) is 47.3. The van der Waals surface area contributed by atoms with Gasteiger partial charge in [-0.2, -0.15) is 26.3 Å². The van der Waals surface area contributed by atoms with Crippen molar-refractivity contribution >= 4 is 23.9 Å². The molecule has 0 heterocycles. The minimum Gasteiger partial charge on any atom is -0.457 e. The maximum atomic E-state index is 15.2. The van der Waals surface area contributed by atoms with E-state index >= 15 is 17.6 Å². The first-order valence-electron chi connectivity index (χ1n) is 15.3. The molecule has 0 atom stereocenters. The predicted molar refractivity (Wildman–Crippen MR) is 172 cm³/mol. The van der Waals surface area contributed by atoms with Crippen LogP contribution < -0.4 is 18.9 Å². The Kier molecular flexibility index (Phi) is 13.0. The van der Waals surface area contributed by atoms with Gasteiger partial charge in [-0.3, -0.25) is 0 Å². The number of rotatable bonds is 14. The number of alkyl halides is 6. The molecule has 4 aromatic rings. The summed E-state index contributed by atoms with van der Waals surface area (Å²) in [6.45, 7) is 5.16. The third-order valence-corrected chi connectivity index (χ3v) is 7.47. The quantitative estimate of drug-likeness (QED) is 0.0405. The van der Waals surface area contributed by atoms with E-state index in [0.29, 0.717) is 0 Å². The molecule has 4 aromatic carbocycles. The molecule has 57 heavy (non-hydrogen) atoms. The molecular formula is C37H22F10O10. The highest BCUT2D eigenvalue weighted by atomic mass is 19.4. The van der Waals surface area contributed by atoms with Crippen molar-refractivity contribution < 1.29 is 91.5 Å². The fourth-order valence-corrected chi connectivity index (χ4v) is 4.84. The summed E-state index contributed by atoms with van der Waals surface area (Å²) >= 11 is 0. The number of carbonyl (C=O) groups is 4. The molecule has 0 fully saturated rings. The number of halogens is 10. The topological polar surface area (TPSA) is 124 Å². The van der Waals surface area contributed by atoms with Gasteiger partial charge in [-0.15, -0.1) is 0 Å². The van der Waals surface area contributed by atoms with Crippen LogP contribution >= 0.6 is 0 Å². The van der Waals surface area contributed by atoms with Crippen LogP contribution in [0.5, 0.6) is 23.0 Å². The Morgan fingerprint density at radius 2 is 0.825 bits per heavy atom. The molecule has 0 aliphatic carbocycles. The van der Waals surface area contributed by atoms with Gasteiger partial charge >= 0.3 is 36.2 Å². The number of benzene rings is 4. The molecule has 0 N–H and O–H groups in total. The molecule has 0 bridgehead atoms. The van der Waals surface area contributed by atoms with E-state index in [-0.39, 0.29) is 11.5 Å². The summed E-state index contributed by atoms with van der Waals surface area (Å²) in [7, 11) is 0. The van der Waals surface area contributed by atoms with Crippen LogP contribution in [0.15, 0.2) is 98.1 Å². The zero-order valence-electron chi connectivity index (χ0n) is 28.3. The van der Waals surface area contributed by atoms with Gasteiger partial charge in [0.25, 0.3) is 0 Å². The largest absolute Gasteiger partial charge is 0.457 e. The monoisotopic (exact) mass is 816 g/mol. The summed E-state index contributed by atoms with van der Waals surface area (Å²) in [5, 5.41) is 0.